The maximum atomic E-state index is 12.6. The van der Waals surface area contributed by atoms with E-state index in [4.69, 9.17) is 4.74 Å². The van der Waals surface area contributed by atoms with Gasteiger partial charge in [-0.3, -0.25) is 4.79 Å². The Morgan fingerprint density at radius 1 is 1.04 bits per heavy atom. The minimum absolute atomic E-state index is 0.151. The summed E-state index contributed by atoms with van der Waals surface area (Å²) in [5, 5.41) is 2.62. The first-order valence-corrected chi connectivity index (χ1v) is 10.7. The molecule has 2 aromatic carbocycles. The Hall–Kier alpha value is -2.42. The van der Waals surface area contributed by atoms with Gasteiger partial charge in [-0.2, -0.15) is 0 Å². The Kier molecular flexibility index (Phi) is 6.33. The minimum Gasteiger partial charge on any atom is -0.378 e. The van der Waals surface area contributed by atoms with Crippen LogP contribution in [0.3, 0.4) is 0 Å². The zero-order valence-electron chi connectivity index (χ0n) is 16.0. The summed E-state index contributed by atoms with van der Waals surface area (Å²) in [5.74, 6) is -0.206. The number of nitrogens with one attached hydrogen (secondary N) is 2. The number of benzene rings is 2. The van der Waals surface area contributed by atoms with Crippen LogP contribution >= 0.6 is 0 Å². The molecule has 0 saturated carbocycles. The van der Waals surface area contributed by atoms with Gasteiger partial charge in [0.25, 0.3) is 0 Å². The third kappa shape index (κ3) is 5.09. The normalized spacial score (nSPS) is 15.9. The quantitative estimate of drug-likeness (QED) is 0.774. The van der Waals surface area contributed by atoms with Crippen molar-refractivity contribution in [1.29, 1.82) is 0 Å². The van der Waals surface area contributed by atoms with Gasteiger partial charge in [0, 0.05) is 37.4 Å². The molecule has 0 aliphatic carbocycles. The monoisotopic (exact) mass is 403 g/mol. The Bertz CT molecular complexity index is 905. The van der Waals surface area contributed by atoms with E-state index < -0.39 is 10.0 Å². The van der Waals surface area contributed by atoms with Crippen LogP contribution in [0.15, 0.2) is 53.4 Å². The second-order valence-electron chi connectivity index (χ2n) is 6.74. The van der Waals surface area contributed by atoms with Gasteiger partial charge in [0.1, 0.15) is 0 Å². The lowest BCUT2D eigenvalue weighted by molar-refractivity contribution is -0.114. The Balaban J connectivity index is 1.67. The zero-order valence-corrected chi connectivity index (χ0v) is 16.8. The van der Waals surface area contributed by atoms with Crippen molar-refractivity contribution in [3.05, 3.63) is 54.1 Å². The fourth-order valence-electron chi connectivity index (χ4n) is 3.08. The van der Waals surface area contributed by atoms with E-state index in [1.807, 2.05) is 31.2 Å². The van der Waals surface area contributed by atoms with Crippen molar-refractivity contribution in [3.63, 3.8) is 0 Å². The van der Waals surface area contributed by atoms with Crippen molar-refractivity contribution in [3.8, 4) is 0 Å². The number of carbonyl (C=O) groups is 1. The summed E-state index contributed by atoms with van der Waals surface area (Å²) in [6.45, 7) is 6.37. The van der Waals surface area contributed by atoms with E-state index in [-0.39, 0.29) is 16.8 Å². The van der Waals surface area contributed by atoms with Crippen LogP contribution in [0.5, 0.6) is 0 Å². The Morgan fingerprint density at radius 3 is 2.21 bits per heavy atom. The molecule has 1 aliphatic heterocycles. The number of anilines is 2. The molecule has 1 heterocycles. The van der Waals surface area contributed by atoms with Crippen LogP contribution in [-0.2, 0) is 19.6 Å². The Morgan fingerprint density at radius 2 is 1.64 bits per heavy atom. The number of ether oxygens (including phenoxy) is 1. The number of amides is 1. The highest BCUT2D eigenvalue weighted by Crippen LogP contribution is 2.22. The molecule has 150 valence electrons. The lowest BCUT2D eigenvalue weighted by Gasteiger charge is -2.29. The fraction of sp³-hybridized carbons (Fsp3) is 0.350. The molecule has 1 aliphatic rings. The van der Waals surface area contributed by atoms with Gasteiger partial charge in [0.15, 0.2) is 0 Å². The number of nitrogens with zero attached hydrogens (tertiary/aromatic N) is 1. The molecule has 7 nitrogen and oxygen atoms in total. The van der Waals surface area contributed by atoms with Crippen LogP contribution in [0.25, 0.3) is 0 Å². The molecule has 0 aromatic heterocycles. The molecule has 1 saturated heterocycles. The molecule has 0 unspecified atom stereocenters. The lowest BCUT2D eigenvalue weighted by Crippen LogP contribution is -2.36. The summed E-state index contributed by atoms with van der Waals surface area (Å²) in [5.41, 5.74) is 2.55. The van der Waals surface area contributed by atoms with Gasteiger partial charge in [-0.15, -0.1) is 0 Å². The van der Waals surface area contributed by atoms with Gasteiger partial charge < -0.3 is 15.0 Å². The second-order valence-corrected chi connectivity index (χ2v) is 8.45. The van der Waals surface area contributed by atoms with Crippen LogP contribution in [0, 0.1) is 0 Å². The van der Waals surface area contributed by atoms with Crippen LogP contribution in [0.1, 0.15) is 25.5 Å². The van der Waals surface area contributed by atoms with E-state index in [1.54, 1.807) is 12.1 Å². The molecule has 1 fully saturated rings. The first-order valence-electron chi connectivity index (χ1n) is 9.18. The SMILES string of the molecule is CC(=O)Nc1ccc(S(=O)(=O)N[C@H](C)c2ccc(N3CCOCC3)cc2)cc1. The molecular weight excluding hydrogens is 378 g/mol. The summed E-state index contributed by atoms with van der Waals surface area (Å²) >= 11 is 0. The van der Waals surface area contributed by atoms with Crippen molar-refractivity contribution < 1.29 is 17.9 Å². The molecule has 0 spiro atoms. The summed E-state index contributed by atoms with van der Waals surface area (Å²) in [6.07, 6.45) is 0. The van der Waals surface area contributed by atoms with Gasteiger partial charge in [0.05, 0.1) is 18.1 Å². The van der Waals surface area contributed by atoms with Gasteiger partial charge in [-0.1, -0.05) is 12.1 Å². The predicted molar refractivity (Wildman–Crippen MR) is 109 cm³/mol. The molecule has 28 heavy (non-hydrogen) atoms. The minimum atomic E-state index is -3.67. The second kappa shape index (κ2) is 8.72. The number of hydrogen-bond donors (Lipinski definition) is 2. The maximum absolute atomic E-state index is 12.6. The van der Waals surface area contributed by atoms with Crippen LogP contribution in [0.2, 0.25) is 0 Å². The van der Waals surface area contributed by atoms with Crippen molar-refractivity contribution in [1.82, 2.24) is 4.72 Å². The smallest absolute Gasteiger partial charge is 0.241 e. The third-order valence-electron chi connectivity index (χ3n) is 4.59. The van der Waals surface area contributed by atoms with E-state index in [9.17, 15) is 13.2 Å². The van der Waals surface area contributed by atoms with Crippen molar-refractivity contribution in [2.75, 3.05) is 36.5 Å². The van der Waals surface area contributed by atoms with Crippen LogP contribution < -0.4 is 14.9 Å². The van der Waals surface area contributed by atoms with Gasteiger partial charge in [-0.25, -0.2) is 13.1 Å². The number of morpholine rings is 1. The average Bonchev–Trinajstić information content (AvgIpc) is 2.68. The topological polar surface area (TPSA) is 87.7 Å². The summed E-state index contributed by atoms with van der Waals surface area (Å²) in [6, 6.07) is 13.6. The highest BCUT2D eigenvalue weighted by molar-refractivity contribution is 7.89. The lowest BCUT2D eigenvalue weighted by atomic mass is 10.1. The first kappa shape index (κ1) is 20.3. The standard InChI is InChI=1S/C20H25N3O4S/c1-15(17-3-7-19(8-4-17)23-11-13-27-14-12-23)22-28(25,26)20-9-5-18(6-10-20)21-16(2)24/h3-10,15,22H,11-14H2,1-2H3,(H,21,24)/t15-/m1/s1. The van der Waals surface area contributed by atoms with E-state index in [0.29, 0.717) is 5.69 Å². The van der Waals surface area contributed by atoms with Crippen molar-refractivity contribution in [2.24, 2.45) is 0 Å². The van der Waals surface area contributed by atoms with E-state index in [0.717, 1.165) is 37.6 Å². The fourth-order valence-corrected chi connectivity index (χ4v) is 4.32. The number of rotatable bonds is 6. The largest absolute Gasteiger partial charge is 0.378 e. The maximum Gasteiger partial charge on any atom is 0.241 e. The van der Waals surface area contributed by atoms with Gasteiger partial charge >= 0.3 is 0 Å². The van der Waals surface area contributed by atoms with Crippen molar-refractivity contribution in [2.45, 2.75) is 24.8 Å². The predicted octanol–water partition coefficient (Wildman–Crippen LogP) is 2.52. The van der Waals surface area contributed by atoms with Gasteiger partial charge in [-0.05, 0) is 48.9 Å². The summed E-state index contributed by atoms with van der Waals surface area (Å²) < 4.78 is 33.4. The highest BCUT2D eigenvalue weighted by Gasteiger charge is 2.19. The number of hydrogen-bond acceptors (Lipinski definition) is 5. The molecule has 1 amide bonds. The van der Waals surface area contributed by atoms with Gasteiger partial charge in [0.2, 0.25) is 15.9 Å². The zero-order chi connectivity index (χ0) is 20.1. The average molecular weight is 404 g/mol. The van der Waals surface area contributed by atoms with Crippen LogP contribution in [-0.4, -0.2) is 40.6 Å². The van der Waals surface area contributed by atoms with Crippen molar-refractivity contribution >= 4 is 27.3 Å². The summed E-state index contributed by atoms with van der Waals surface area (Å²) in [7, 11) is -3.67. The highest BCUT2D eigenvalue weighted by atomic mass is 32.2. The molecular formula is C20H25N3O4S. The molecule has 0 bridgehead atoms. The van der Waals surface area contributed by atoms with E-state index >= 15 is 0 Å². The number of carbonyl (C=O) groups excluding carboxylic acids is 1. The molecule has 0 radical (unpaired) electrons. The van der Waals surface area contributed by atoms with E-state index in [1.165, 1.54) is 19.1 Å². The molecule has 1 atom stereocenters. The van der Waals surface area contributed by atoms with E-state index in [2.05, 4.69) is 14.9 Å². The third-order valence-corrected chi connectivity index (χ3v) is 6.14. The first-order chi connectivity index (χ1) is 13.3. The molecule has 2 aromatic rings. The Labute approximate surface area is 165 Å². The molecule has 8 heteroatoms. The molecule has 3 rings (SSSR count). The van der Waals surface area contributed by atoms with Crippen LogP contribution in [0.4, 0.5) is 11.4 Å². The molecule has 2 N–H and O–H groups in total. The summed E-state index contributed by atoms with van der Waals surface area (Å²) in [4.78, 5) is 13.5. The number of sulfonamides is 1.